The molecule has 3 aromatic rings. The van der Waals surface area contributed by atoms with Crippen LogP contribution in [0.1, 0.15) is 18.3 Å². The standard InChI is InChI=1S/C17H21N5O2/c1-10(7-12-8-11(2)21-22-12)20-17-13-5-6-14(23-3)16(24-4)15(13)18-9-19-17/h5-6,8-10H,7H2,1-4H3,(H,21,22)(H,18,19,20). The van der Waals surface area contributed by atoms with Crippen molar-refractivity contribution in [3.8, 4) is 11.5 Å². The monoisotopic (exact) mass is 327 g/mol. The zero-order chi connectivity index (χ0) is 17.1. The molecule has 2 N–H and O–H groups in total. The first-order valence-corrected chi connectivity index (χ1v) is 7.75. The van der Waals surface area contributed by atoms with Crippen LogP contribution >= 0.6 is 0 Å². The van der Waals surface area contributed by atoms with Gasteiger partial charge in [-0.3, -0.25) is 5.10 Å². The molecule has 3 rings (SSSR count). The van der Waals surface area contributed by atoms with Gasteiger partial charge in [0.25, 0.3) is 0 Å². The Balaban J connectivity index is 1.89. The van der Waals surface area contributed by atoms with Crippen molar-refractivity contribution in [1.82, 2.24) is 20.2 Å². The molecule has 1 atom stereocenters. The van der Waals surface area contributed by atoms with E-state index in [1.807, 2.05) is 25.1 Å². The molecule has 7 nitrogen and oxygen atoms in total. The van der Waals surface area contributed by atoms with Crippen LogP contribution in [0.5, 0.6) is 11.5 Å². The second-order valence-electron chi connectivity index (χ2n) is 5.71. The second-order valence-corrected chi connectivity index (χ2v) is 5.71. The lowest BCUT2D eigenvalue weighted by Crippen LogP contribution is -2.19. The molecule has 1 unspecified atom stereocenters. The number of anilines is 1. The minimum atomic E-state index is 0.166. The first kappa shape index (κ1) is 16.0. The number of fused-ring (bicyclic) bond motifs is 1. The average Bonchev–Trinajstić information content (AvgIpc) is 2.98. The summed E-state index contributed by atoms with van der Waals surface area (Å²) in [6.45, 7) is 4.09. The molecule has 0 spiro atoms. The smallest absolute Gasteiger partial charge is 0.187 e. The van der Waals surface area contributed by atoms with Crippen molar-refractivity contribution in [3.63, 3.8) is 0 Å². The first-order valence-electron chi connectivity index (χ1n) is 7.75. The number of hydrogen-bond donors (Lipinski definition) is 2. The molecule has 0 bridgehead atoms. The number of aryl methyl sites for hydroxylation is 1. The number of hydrogen-bond acceptors (Lipinski definition) is 6. The maximum Gasteiger partial charge on any atom is 0.187 e. The number of H-pyrrole nitrogens is 1. The van der Waals surface area contributed by atoms with E-state index in [4.69, 9.17) is 9.47 Å². The summed E-state index contributed by atoms with van der Waals surface area (Å²) in [6.07, 6.45) is 2.32. The van der Waals surface area contributed by atoms with E-state index in [2.05, 4.69) is 32.4 Å². The Kier molecular flexibility index (Phi) is 4.50. The van der Waals surface area contributed by atoms with Crippen LogP contribution < -0.4 is 14.8 Å². The van der Waals surface area contributed by atoms with E-state index in [0.29, 0.717) is 11.5 Å². The number of rotatable bonds is 6. The number of aromatic amines is 1. The zero-order valence-electron chi connectivity index (χ0n) is 14.3. The first-order chi connectivity index (χ1) is 11.6. The van der Waals surface area contributed by atoms with Crippen molar-refractivity contribution in [1.29, 1.82) is 0 Å². The van der Waals surface area contributed by atoms with E-state index in [1.54, 1.807) is 14.2 Å². The summed E-state index contributed by atoms with van der Waals surface area (Å²) in [5.74, 6) is 2.02. The minimum Gasteiger partial charge on any atom is -0.493 e. The fourth-order valence-corrected chi connectivity index (χ4v) is 2.74. The number of benzene rings is 1. The molecule has 7 heteroatoms. The van der Waals surface area contributed by atoms with Crippen LogP contribution in [0.2, 0.25) is 0 Å². The third kappa shape index (κ3) is 3.10. The van der Waals surface area contributed by atoms with Gasteiger partial charge < -0.3 is 14.8 Å². The normalized spacial score (nSPS) is 12.2. The van der Waals surface area contributed by atoms with Gasteiger partial charge in [-0.25, -0.2) is 9.97 Å². The molecule has 0 saturated heterocycles. The highest BCUT2D eigenvalue weighted by molar-refractivity contribution is 5.94. The molecular weight excluding hydrogens is 306 g/mol. The Morgan fingerprint density at radius 1 is 1.21 bits per heavy atom. The molecule has 1 aromatic carbocycles. The molecule has 0 saturated carbocycles. The summed E-state index contributed by atoms with van der Waals surface area (Å²) >= 11 is 0. The highest BCUT2D eigenvalue weighted by Crippen LogP contribution is 2.36. The van der Waals surface area contributed by atoms with E-state index in [9.17, 15) is 0 Å². The molecule has 0 radical (unpaired) electrons. The van der Waals surface area contributed by atoms with Gasteiger partial charge in [0, 0.05) is 23.5 Å². The van der Waals surface area contributed by atoms with Gasteiger partial charge in [0.05, 0.1) is 19.9 Å². The van der Waals surface area contributed by atoms with Crippen molar-refractivity contribution < 1.29 is 9.47 Å². The summed E-state index contributed by atoms with van der Waals surface area (Å²) in [6, 6.07) is 6.00. The fraction of sp³-hybridized carbons (Fsp3) is 0.353. The second kappa shape index (κ2) is 6.74. The molecule has 2 heterocycles. The maximum atomic E-state index is 5.45. The van der Waals surface area contributed by atoms with Crippen LogP contribution in [0.15, 0.2) is 24.5 Å². The van der Waals surface area contributed by atoms with Crippen molar-refractivity contribution in [3.05, 3.63) is 35.9 Å². The van der Waals surface area contributed by atoms with E-state index >= 15 is 0 Å². The maximum absolute atomic E-state index is 5.45. The van der Waals surface area contributed by atoms with Gasteiger partial charge in [0.15, 0.2) is 11.5 Å². The van der Waals surface area contributed by atoms with Crippen molar-refractivity contribution in [2.75, 3.05) is 19.5 Å². The van der Waals surface area contributed by atoms with E-state index < -0.39 is 0 Å². The van der Waals surface area contributed by atoms with E-state index in [1.165, 1.54) is 6.33 Å². The lowest BCUT2D eigenvalue weighted by Gasteiger charge is -2.16. The highest BCUT2D eigenvalue weighted by Gasteiger charge is 2.15. The molecular formula is C17H21N5O2. The summed E-state index contributed by atoms with van der Waals surface area (Å²) in [5.41, 5.74) is 2.80. The van der Waals surface area contributed by atoms with Crippen molar-refractivity contribution in [2.45, 2.75) is 26.3 Å². The SMILES string of the molecule is COc1ccc2c(NC(C)Cc3cc(C)[nH]n3)ncnc2c1OC. The number of ether oxygens (including phenoxy) is 2. The summed E-state index contributed by atoms with van der Waals surface area (Å²) in [7, 11) is 3.22. The molecule has 126 valence electrons. The van der Waals surface area contributed by atoms with Gasteiger partial charge in [-0.1, -0.05) is 0 Å². The predicted octanol–water partition coefficient (Wildman–Crippen LogP) is 2.72. The third-order valence-electron chi connectivity index (χ3n) is 3.81. The molecule has 0 amide bonds. The molecule has 0 aliphatic heterocycles. The molecule has 0 aliphatic rings. The van der Waals surface area contributed by atoms with Gasteiger partial charge in [-0.05, 0) is 32.0 Å². The summed E-state index contributed by atoms with van der Waals surface area (Å²) in [5, 5.41) is 11.6. The minimum absolute atomic E-state index is 0.166. The Bertz CT molecular complexity index is 846. The number of methoxy groups -OCH3 is 2. The average molecular weight is 327 g/mol. The predicted molar refractivity (Wildman–Crippen MR) is 92.8 cm³/mol. The van der Waals surface area contributed by atoms with Gasteiger partial charge >= 0.3 is 0 Å². The van der Waals surface area contributed by atoms with Gasteiger partial charge in [0.2, 0.25) is 0 Å². The largest absolute Gasteiger partial charge is 0.493 e. The molecule has 2 aromatic heterocycles. The Morgan fingerprint density at radius 2 is 2.04 bits per heavy atom. The number of nitrogens with zero attached hydrogens (tertiary/aromatic N) is 3. The quantitative estimate of drug-likeness (QED) is 0.724. The third-order valence-corrected chi connectivity index (χ3v) is 3.81. The van der Waals surface area contributed by atoms with E-state index in [0.717, 1.165) is 34.5 Å². The van der Waals surface area contributed by atoms with Crippen molar-refractivity contribution >= 4 is 16.7 Å². The van der Waals surface area contributed by atoms with Gasteiger partial charge in [0.1, 0.15) is 17.7 Å². The van der Waals surface area contributed by atoms with Crippen LogP contribution in [0.3, 0.4) is 0 Å². The summed E-state index contributed by atoms with van der Waals surface area (Å²) < 4.78 is 10.8. The van der Waals surface area contributed by atoms with Crippen LogP contribution in [0.4, 0.5) is 5.82 Å². The van der Waals surface area contributed by atoms with Crippen LogP contribution in [-0.4, -0.2) is 40.4 Å². The van der Waals surface area contributed by atoms with Crippen molar-refractivity contribution in [2.24, 2.45) is 0 Å². The molecule has 0 fully saturated rings. The Morgan fingerprint density at radius 3 is 2.71 bits per heavy atom. The topological polar surface area (TPSA) is 85.0 Å². The number of aromatic nitrogens is 4. The van der Waals surface area contributed by atoms with Crippen LogP contribution in [-0.2, 0) is 6.42 Å². The van der Waals surface area contributed by atoms with Crippen LogP contribution in [0, 0.1) is 6.92 Å². The Hall–Kier alpha value is -2.83. The molecule has 24 heavy (non-hydrogen) atoms. The highest BCUT2D eigenvalue weighted by atomic mass is 16.5. The van der Waals surface area contributed by atoms with Gasteiger partial charge in [-0.15, -0.1) is 0 Å². The lowest BCUT2D eigenvalue weighted by molar-refractivity contribution is 0.358. The molecule has 0 aliphatic carbocycles. The number of nitrogens with one attached hydrogen (secondary N) is 2. The Labute approximate surface area is 140 Å². The summed E-state index contributed by atoms with van der Waals surface area (Å²) in [4.78, 5) is 8.72. The van der Waals surface area contributed by atoms with Crippen LogP contribution in [0.25, 0.3) is 10.9 Å². The zero-order valence-corrected chi connectivity index (χ0v) is 14.3. The lowest BCUT2D eigenvalue weighted by atomic mass is 10.1. The van der Waals surface area contributed by atoms with E-state index in [-0.39, 0.29) is 6.04 Å². The fourth-order valence-electron chi connectivity index (χ4n) is 2.74. The van der Waals surface area contributed by atoms with Gasteiger partial charge in [-0.2, -0.15) is 5.10 Å².